The van der Waals surface area contributed by atoms with Gasteiger partial charge in [0, 0.05) is 16.8 Å². The Morgan fingerprint density at radius 1 is 1.16 bits per heavy atom. The maximum Gasteiger partial charge on any atom is 0.128 e. The Balaban J connectivity index is 2.27. The highest BCUT2D eigenvalue weighted by Crippen LogP contribution is 2.23. The molecule has 0 amide bonds. The third-order valence-corrected chi connectivity index (χ3v) is 3.16. The monoisotopic (exact) mass is 274 g/mol. The van der Waals surface area contributed by atoms with Crippen molar-refractivity contribution in [2.45, 2.75) is 13.0 Å². The van der Waals surface area contributed by atoms with E-state index in [1.165, 1.54) is 6.07 Å². The fourth-order valence-electron chi connectivity index (χ4n) is 1.96. The zero-order chi connectivity index (χ0) is 13.8. The molecule has 2 rings (SSSR count). The quantitative estimate of drug-likeness (QED) is 0.836. The zero-order valence-electron chi connectivity index (χ0n) is 10.6. The van der Waals surface area contributed by atoms with E-state index in [0.29, 0.717) is 10.6 Å². The molecule has 0 aliphatic rings. The summed E-state index contributed by atoms with van der Waals surface area (Å²) in [7, 11) is 0. The van der Waals surface area contributed by atoms with Crippen LogP contribution in [0.4, 0.5) is 10.1 Å². The van der Waals surface area contributed by atoms with E-state index >= 15 is 0 Å². The second kappa shape index (κ2) is 5.80. The second-order valence-corrected chi connectivity index (χ2v) is 4.74. The van der Waals surface area contributed by atoms with Crippen molar-refractivity contribution in [1.29, 1.82) is 0 Å². The number of hydrogen-bond acceptors (Lipinski definition) is 2. The molecule has 0 bridgehead atoms. The topological polar surface area (TPSA) is 38.0 Å². The number of hydrogen-bond donors (Lipinski definition) is 2. The minimum atomic E-state index is -0.227. The number of para-hydroxylation sites is 1. The van der Waals surface area contributed by atoms with Gasteiger partial charge < -0.3 is 11.1 Å². The van der Waals surface area contributed by atoms with Crippen LogP contribution in [-0.4, -0.2) is 4.99 Å². The van der Waals surface area contributed by atoms with Crippen LogP contribution in [0.2, 0.25) is 0 Å². The van der Waals surface area contributed by atoms with Crippen LogP contribution in [0, 0.1) is 5.82 Å². The fourth-order valence-corrected chi connectivity index (χ4v) is 2.14. The highest BCUT2D eigenvalue weighted by atomic mass is 32.1. The molecule has 98 valence electrons. The number of thiocarbonyl (C=S) groups is 1. The van der Waals surface area contributed by atoms with Gasteiger partial charge >= 0.3 is 0 Å². The van der Waals surface area contributed by atoms with E-state index in [-0.39, 0.29) is 11.9 Å². The molecule has 19 heavy (non-hydrogen) atoms. The Kier molecular flexibility index (Phi) is 4.12. The molecule has 0 saturated carbocycles. The Hall–Kier alpha value is -1.94. The lowest BCUT2D eigenvalue weighted by atomic mass is 10.1. The van der Waals surface area contributed by atoms with Crippen molar-refractivity contribution in [2.75, 3.05) is 5.32 Å². The first-order valence-corrected chi connectivity index (χ1v) is 6.40. The van der Waals surface area contributed by atoms with Gasteiger partial charge in [0.2, 0.25) is 0 Å². The van der Waals surface area contributed by atoms with E-state index in [0.717, 1.165) is 11.3 Å². The van der Waals surface area contributed by atoms with Gasteiger partial charge in [-0.1, -0.05) is 42.5 Å². The van der Waals surface area contributed by atoms with Gasteiger partial charge in [-0.15, -0.1) is 0 Å². The van der Waals surface area contributed by atoms with E-state index in [1.807, 2.05) is 37.3 Å². The molecule has 4 heteroatoms. The summed E-state index contributed by atoms with van der Waals surface area (Å²) in [6.45, 7) is 1.90. The normalized spacial score (nSPS) is 11.9. The van der Waals surface area contributed by atoms with Crippen LogP contribution in [-0.2, 0) is 0 Å². The predicted octanol–water partition coefficient (Wildman–Crippen LogP) is 3.63. The second-order valence-electron chi connectivity index (χ2n) is 4.30. The number of halogens is 1. The maximum atomic E-state index is 13.7. The highest BCUT2D eigenvalue weighted by Gasteiger charge is 2.12. The van der Waals surface area contributed by atoms with Crippen molar-refractivity contribution < 1.29 is 4.39 Å². The van der Waals surface area contributed by atoms with Crippen molar-refractivity contribution in [3.8, 4) is 0 Å². The Bertz CT molecular complexity index is 598. The molecule has 0 aromatic heterocycles. The standard InChI is InChI=1S/C15H15FN2S/c1-10(11-6-2-4-8-13(11)16)18-14-9-5-3-7-12(14)15(17)19/h2-10,18H,1H3,(H2,17,19). The molecule has 2 aromatic carbocycles. The highest BCUT2D eigenvalue weighted by molar-refractivity contribution is 7.80. The molecular weight excluding hydrogens is 259 g/mol. The molecule has 0 spiro atoms. The fraction of sp³-hybridized carbons (Fsp3) is 0.133. The van der Waals surface area contributed by atoms with E-state index in [1.54, 1.807) is 12.1 Å². The smallest absolute Gasteiger partial charge is 0.128 e. The van der Waals surface area contributed by atoms with Crippen LogP contribution in [0.15, 0.2) is 48.5 Å². The lowest BCUT2D eigenvalue weighted by molar-refractivity contribution is 0.600. The Labute approximate surface area is 117 Å². The molecule has 0 radical (unpaired) electrons. The van der Waals surface area contributed by atoms with E-state index < -0.39 is 0 Å². The van der Waals surface area contributed by atoms with Gasteiger partial charge in [-0.05, 0) is 25.1 Å². The first kappa shape index (κ1) is 13.5. The van der Waals surface area contributed by atoms with Gasteiger partial charge in [-0.2, -0.15) is 0 Å². The van der Waals surface area contributed by atoms with Crippen molar-refractivity contribution in [3.63, 3.8) is 0 Å². The molecule has 1 unspecified atom stereocenters. The van der Waals surface area contributed by atoms with E-state index in [9.17, 15) is 4.39 Å². The molecule has 1 atom stereocenters. The Morgan fingerprint density at radius 2 is 1.79 bits per heavy atom. The van der Waals surface area contributed by atoms with Crippen molar-refractivity contribution in [1.82, 2.24) is 0 Å². The summed E-state index contributed by atoms with van der Waals surface area (Å²) in [6.07, 6.45) is 0. The minimum absolute atomic E-state index is 0.170. The summed E-state index contributed by atoms with van der Waals surface area (Å²) in [5.41, 5.74) is 7.86. The average molecular weight is 274 g/mol. The third-order valence-electron chi connectivity index (χ3n) is 2.94. The third kappa shape index (κ3) is 3.09. The zero-order valence-corrected chi connectivity index (χ0v) is 11.4. The van der Waals surface area contributed by atoms with Crippen molar-refractivity contribution >= 4 is 22.9 Å². The van der Waals surface area contributed by atoms with Crippen LogP contribution in [0.3, 0.4) is 0 Å². The van der Waals surface area contributed by atoms with E-state index in [2.05, 4.69) is 5.32 Å². The largest absolute Gasteiger partial charge is 0.389 e. The van der Waals surface area contributed by atoms with Gasteiger partial charge in [0.05, 0.1) is 6.04 Å². The molecule has 2 nitrogen and oxygen atoms in total. The molecule has 2 aromatic rings. The molecule has 3 N–H and O–H groups in total. The molecular formula is C15H15FN2S. The average Bonchev–Trinajstić information content (AvgIpc) is 2.39. The molecule has 0 saturated heterocycles. The number of anilines is 1. The first-order chi connectivity index (χ1) is 9.09. The first-order valence-electron chi connectivity index (χ1n) is 5.99. The summed E-state index contributed by atoms with van der Waals surface area (Å²) < 4.78 is 13.7. The van der Waals surface area contributed by atoms with Crippen LogP contribution >= 0.6 is 12.2 Å². The summed E-state index contributed by atoms with van der Waals surface area (Å²) in [5.74, 6) is -0.227. The predicted molar refractivity (Wildman–Crippen MR) is 80.8 cm³/mol. The summed E-state index contributed by atoms with van der Waals surface area (Å²) in [6, 6.07) is 14.0. The number of nitrogens with two attached hydrogens (primary N) is 1. The number of rotatable bonds is 4. The lowest BCUT2D eigenvalue weighted by Crippen LogP contribution is -2.15. The van der Waals surface area contributed by atoms with Crippen LogP contribution in [0.1, 0.15) is 24.1 Å². The summed E-state index contributed by atoms with van der Waals surface area (Å²) in [4.78, 5) is 0.323. The van der Waals surface area contributed by atoms with Crippen LogP contribution in [0.5, 0.6) is 0 Å². The lowest BCUT2D eigenvalue weighted by Gasteiger charge is -2.18. The molecule has 0 aliphatic heterocycles. The maximum absolute atomic E-state index is 13.7. The number of nitrogens with one attached hydrogen (secondary N) is 1. The van der Waals surface area contributed by atoms with Gasteiger partial charge in [0.1, 0.15) is 10.8 Å². The van der Waals surface area contributed by atoms with Gasteiger partial charge in [-0.3, -0.25) is 0 Å². The Morgan fingerprint density at radius 3 is 2.47 bits per heavy atom. The van der Waals surface area contributed by atoms with E-state index in [4.69, 9.17) is 18.0 Å². The van der Waals surface area contributed by atoms with Crippen molar-refractivity contribution in [3.05, 3.63) is 65.5 Å². The molecule has 0 fully saturated rings. The van der Waals surface area contributed by atoms with Crippen LogP contribution in [0.25, 0.3) is 0 Å². The summed E-state index contributed by atoms with van der Waals surface area (Å²) in [5, 5.41) is 3.24. The number of benzene rings is 2. The molecule has 0 aliphatic carbocycles. The van der Waals surface area contributed by atoms with Gasteiger partial charge in [0.15, 0.2) is 0 Å². The SMILES string of the molecule is CC(Nc1ccccc1C(N)=S)c1ccccc1F. The summed E-state index contributed by atoms with van der Waals surface area (Å²) >= 11 is 5.01. The van der Waals surface area contributed by atoms with Gasteiger partial charge in [0.25, 0.3) is 0 Å². The minimum Gasteiger partial charge on any atom is -0.389 e. The van der Waals surface area contributed by atoms with Gasteiger partial charge in [-0.25, -0.2) is 4.39 Å². The molecule has 0 heterocycles. The van der Waals surface area contributed by atoms with Crippen molar-refractivity contribution in [2.24, 2.45) is 5.73 Å². The van der Waals surface area contributed by atoms with Crippen LogP contribution < -0.4 is 11.1 Å².